The van der Waals surface area contributed by atoms with Gasteiger partial charge in [0, 0.05) is 29.8 Å². The molecule has 0 radical (unpaired) electrons. The number of fused-ring (bicyclic) bond motifs is 1. The molecule has 0 aliphatic heterocycles. The van der Waals surface area contributed by atoms with Gasteiger partial charge >= 0.3 is 0 Å². The van der Waals surface area contributed by atoms with Crippen molar-refractivity contribution < 1.29 is 14.3 Å². The molecule has 0 saturated heterocycles. The van der Waals surface area contributed by atoms with Gasteiger partial charge in [-0.1, -0.05) is 13.8 Å². The van der Waals surface area contributed by atoms with Gasteiger partial charge in [0.15, 0.2) is 5.65 Å². The minimum absolute atomic E-state index is 0.370. The Kier molecular flexibility index (Phi) is 7.81. The first-order chi connectivity index (χ1) is 15.4. The average Bonchev–Trinajstić information content (AvgIpc) is 3.56. The van der Waals surface area contributed by atoms with Crippen LogP contribution in [0.2, 0.25) is 0 Å². The van der Waals surface area contributed by atoms with Crippen molar-refractivity contribution in [3.8, 4) is 16.9 Å². The molecule has 1 aliphatic carbocycles. The van der Waals surface area contributed by atoms with E-state index in [9.17, 15) is 9.59 Å². The maximum atomic E-state index is 11.7. The molecule has 32 heavy (non-hydrogen) atoms. The predicted octanol–water partition coefficient (Wildman–Crippen LogP) is 4.09. The van der Waals surface area contributed by atoms with Gasteiger partial charge in [-0.25, -0.2) is 9.50 Å². The molecule has 1 amide bonds. The second-order valence-electron chi connectivity index (χ2n) is 7.91. The molecule has 0 bridgehead atoms. The molecule has 1 fully saturated rings. The fourth-order valence-corrected chi connectivity index (χ4v) is 3.11. The third-order valence-corrected chi connectivity index (χ3v) is 5.05. The zero-order chi connectivity index (χ0) is 23.1. The van der Waals surface area contributed by atoms with Gasteiger partial charge in [-0.05, 0) is 62.4 Å². The fraction of sp³-hybridized carbons (Fsp3) is 0.417. The van der Waals surface area contributed by atoms with Gasteiger partial charge in [0.1, 0.15) is 17.4 Å². The molecule has 4 rings (SSSR count). The van der Waals surface area contributed by atoms with E-state index in [1.54, 1.807) is 29.8 Å². The Morgan fingerprint density at radius 3 is 2.59 bits per heavy atom. The lowest BCUT2D eigenvalue weighted by Gasteiger charge is -2.09. The standard InChI is InChI=1S/C19H23N5O2.C5H8O/c1-3-6-21-17-5-7-24-19(23-17)16(12-22-24)13-9-14(18(20)25)11-15(10-13)26-8-4-2;1-4(6)5-2-3-5/h5,7,9-12H,3-4,6,8H2,1-2H3,(H2,20,25)(H,21,23);5H,2-3H2,1H3. The number of amides is 1. The number of ether oxygens (including phenoxy) is 1. The van der Waals surface area contributed by atoms with Crippen LogP contribution in [-0.4, -0.2) is 39.4 Å². The van der Waals surface area contributed by atoms with Crippen molar-refractivity contribution in [3.05, 3.63) is 42.2 Å². The van der Waals surface area contributed by atoms with Gasteiger partial charge < -0.3 is 15.8 Å². The molecular weight excluding hydrogens is 406 g/mol. The van der Waals surface area contributed by atoms with Gasteiger partial charge in [-0.3, -0.25) is 9.59 Å². The second kappa shape index (κ2) is 10.7. The molecule has 170 valence electrons. The third-order valence-electron chi connectivity index (χ3n) is 5.05. The Bertz CT molecular complexity index is 1090. The maximum absolute atomic E-state index is 11.7. The van der Waals surface area contributed by atoms with Gasteiger partial charge in [-0.15, -0.1) is 0 Å². The van der Waals surface area contributed by atoms with E-state index in [4.69, 9.17) is 10.5 Å². The van der Waals surface area contributed by atoms with Gasteiger partial charge in [-0.2, -0.15) is 5.10 Å². The highest BCUT2D eigenvalue weighted by molar-refractivity contribution is 5.95. The number of ketones is 1. The minimum atomic E-state index is -0.497. The Morgan fingerprint density at radius 1 is 1.22 bits per heavy atom. The molecule has 3 N–H and O–H groups in total. The number of anilines is 1. The van der Waals surface area contributed by atoms with E-state index >= 15 is 0 Å². The van der Waals surface area contributed by atoms with E-state index in [1.165, 1.54) is 0 Å². The highest BCUT2D eigenvalue weighted by atomic mass is 16.5. The maximum Gasteiger partial charge on any atom is 0.248 e. The zero-order valence-electron chi connectivity index (χ0n) is 18.9. The van der Waals surface area contributed by atoms with E-state index in [-0.39, 0.29) is 0 Å². The lowest BCUT2D eigenvalue weighted by molar-refractivity contribution is -0.118. The van der Waals surface area contributed by atoms with Crippen molar-refractivity contribution in [2.45, 2.75) is 46.5 Å². The summed E-state index contributed by atoms with van der Waals surface area (Å²) in [6, 6.07) is 7.17. The zero-order valence-corrected chi connectivity index (χ0v) is 18.9. The number of nitrogens with one attached hydrogen (secondary N) is 1. The first-order valence-corrected chi connectivity index (χ1v) is 11.1. The van der Waals surface area contributed by atoms with Crippen molar-refractivity contribution in [2.75, 3.05) is 18.5 Å². The van der Waals surface area contributed by atoms with Gasteiger partial charge in [0.2, 0.25) is 5.91 Å². The van der Waals surface area contributed by atoms with Crippen LogP contribution < -0.4 is 15.8 Å². The number of hydrogen-bond donors (Lipinski definition) is 2. The Hall–Kier alpha value is -3.42. The van der Waals surface area contributed by atoms with E-state index in [0.717, 1.165) is 49.2 Å². The Morgan fingerprint density at radius 2 is 2.00 bits per heavy atom. The minimum Gasteiger partial charge on any atom is -0.494 e. The first kappa shape index (κ1) is 23.2. The Balaban J connectivity index is 0.000000416. The lowest BCUT2D eigenvalue weighted by Crippen LogP contribution is -2.11. The van der Waals surface area contributed by atoms with Crippen LogP contribution in [0.15, 0.2) is 36.7 Å². The number of rotatable bonds is 9. The van der Waals surface area contributed by atoms with Crippen LogP contribution in [0.25, 0.3) is 16.8 Å². The summed E-state index contributed by atoms with van der Waals surface area (Å²) in [6.45, 7) is 7.21. The normalized spacial score (nSPS) is 12.7. The van der Waals surface area contributed by atoms with Crippen molar-refractivity contribution >= 4 is 23.2 Å². The van der Waals surface area contributed by atoms with Crippen LogP contribution in [0.3, 0.4) is 0 Å². The number of Topliss-reactive ketones (excluding diaryl/α,β-unsaturated/α-hetero) is 1. The van der Waals surface area contributed by atoms with E-state index in [1.807, 2.05) is 25.3 Å². The molecule has 2 aromatic heterocycles. The van der Waals surface area contributed by atoms with Crippen molar-refractivity contribution in [1.29, 1.82) is 0 Å². The number of primary amides is 1. The molecule has 1 saturated carbocycles. The first-order valence-electron chi connectivity index (χ1n) is 11.1. The van der Waals surface area contributed by atoms with E-state index in [2.05, 4.69) is 22.3 Å². The quantitative estimate of drug-likeness (QED) is 0.521. The summed E-state index contributed by atoms with van der Waals surface area (Å²) in [7, 11) is 0. The highest BCUT2D eigenvalue weighted by Crippen LogP contribution is 2.30. The van der Waals surface area contributed by atoms with Crippen LogP contribution in [-0.2, 0) is 4.79 Å². The lowest BCUT2D eigenvalue weighted by atomic mass is 10.0. The monoisotopic (exact) mass is 437 g/mol. The summed E-state index contributed by atoms with van der Waals surface area (Å²) < 4.78 is 7.41. The van der Waals surface area contributed by atoms with Crippen LogP contribution in [0.5, 0.6) is 5.75 Å². The number of carbonyl (C=O) groups is 2. The smallest absolute Gasteiger partial charge is 0.248 e. The molecule has 0 atom stereocenters. The molecule has 1 aliphatic rings. The topological polar surface area (TPSA) is 112 Å². The van der Waals surface area contributed by atoms with Gasteiger partial charge in [0.05, 0.1) is 12.8 Å². The van der Waals surface area contributed by atoms with Crippen molar-refractivity contribution in [2.24, 2.45) is 11.7 Å². The third kappa shape index (κ3) is 6.06. The fourth-order valence-electron chi connectivity index (χ4n) is 3.11. The number of hydrogen-bond acceptors (Lipinski definition) is 6. The molecule has 1 aromatic carbocycles. The molecule has 2 heterocycles. The molecule has 0 spiro atoms. The molecular formula is C24H31N5O3. The van der Waals surface area contributed by atoms with E-state index < -0.39 is 5.91 Å². The summed E-state index contributed by atoms with van der Waals surface area (Å²) in [4.78, 5) is 26.6. The second-order valence-corrected chi connectivity index (χ2v) is 7.91. The van der Waals surface area contributed by atoms with E-state index in [0.29, 0.717) is 35.3 Å². The molecule has 0 unspecified atom stereocenters. The number of benzene rings is 1. The summed E-state index contributed by atoms with van der Waals surface area (Å²) in [6.07, 6.45) is 7.77. The molecule has 8 nitrogen and oxygen atoms in total. The van der Waals surface area contributed by atoms with Crippen molar-refractivity contribution in [3.63, 3.8) is 0 Å². The summed E-state index contributed by atoms with van der Waals surface area (Å²) in [5, 5.41) is 7.62. The van der Waals surface area contributed by atoms with Crippen molar-refractivity contribution in [1.82, 2.24) is 14.6 Å². The van der Waals surface area contributed by atoms with Crippen LogP contribution >= 0.6 is 0 Å². The Labute approximate surface area is 188 Å². The van der Waals surface area contributed by atoms with Gasteiger partial charge in [0.25, 0.3) is 0 Å². The highest BCUT2D eigenvalue weighted by Gasteiger charge is 2.25. The predicted molar refractivity (Wildman–Crippen MR) is 125 cm³/mol. The van der Waals surface area contributed by atoms with Crippen LogP contribution in [0, 0.1) is 5.92 Å². The largest absolute Gasteiger partial charge is 0.494 e. The summed E-state index contributed by atoms with van der Waals surface area (Å²) in [5.74, 6) is 1.73. The SMILES string of the molecule is CC(=O)C1CC1.CCCNc1ccn2ncc(-c3cc(OCCC)cc(C(N)=O)c3)c2n1. The summed E-state index contributed by atoms with van der Waals surface area (Å²) >= 11 is 0. The van der Waals surface area contributed by atoms with Crippen LogP contribution in [0.1, 0.15) is 56.8 Å². The number of nitrogens with zero attached hydrogens (tertiary/aromatic N) is 3. The molecule has 8 heteroatoms. The number of aromatic nitrogens is 3. The molecule has 3 aromatic rings. The number of carbonyl (C=O) groups excluding carboxylic acids is 2. The summed E-state index contributed by atoms with van der Waals surface area (Å²) in [5.41, 5.74) is 8.19. The van der Waals surface area contributed by atoms with Crippen LogP contribution in [0.4, 0.5) is 5.82 Å². The number of nitrogens with two attached hydrogens (primary N) is 1. The average molecular weight is 438 g/mol.